The molecule has 2 N–H and O–H groups in total. The molecule has 1 aliphatic carbocycles. The lowest BCUT2D eigenvalue weighted by Crippen LogP contribution is -2.42. The van der Waals surface area contributed by atoms with Crippen molar-refractivity contribution in [2.24, 2.45) is 10.9 Å². The molecule has 1 aromatic heterocycles. The molecular weight excluding hydrogens is 298 g/mol. The standard InChI is InChI=1S/C19H29N5/c1-15-9-11-24(12-10-15)18-8-7-16(13-21-18)14-22-19(20-2)23-17-5-3-4-6-17/h3-4,7-8,13,15,17H,5-6,9-12,14H2,1-2H3,(H2,20,22,23). The van der Waals surface area contributed by atoms with Crippen molar-refractivity contribution >= 4 is 11.8 Å². The van der Waals surface area contributed by atoms with Gasteiger partial charge in [-0.25, -0.2) is 4.98 Å². The Balaban J connectivity index is 1.48. The van der Waals surface area contributed by atoms with E-state index in [0.717, 1.165) is 50.2 Å². The van der Waals surface area contributed by atoms with Crippen molar-refractivity contribution in [2.45, 2.75) is 45.2 Å². The van der Waals surface area contributed by atoms with E-state index in [-0.39, 0.29) is 0 Å². The van der Waals surface area contributed by atoms with Gasteiger partial charge in [0.15, 0.2) is 5.96 Å². The number of pyridine rings is 1. The van der Waals surface area contributed by atoms with Crippen LogP contribution in [0.15, 0.2) is 35.5 Å². The van der Waals surface area contributed by atoms with E-state index in [1.54, 1.807) is 0 Å². The first kappa shape index (κ1) is 16.8. The van der Waals surface area contributed by atoms with Crippen molar-refractivity contribution in [3.8, 4) is 0 Å². The summed E-state index contributed by atoms with van der Waals surface area (Å²) in [6.07, 6.45) is 11.1. The number of hydrogen-bond donors (Lipinski definition) is 2. The Kier molecular flexibility index (Phi) is 5.72. The highest BCUT2D eigenvalue weighted by Gasteiger charge is 2.16. The zero-order valence-electron chi connectivity index (χ0n) is 14.8. The van der Waals surface area contributed by atoms with Gasteiger partial charge in [-0.1, -0.05) is 25.1 Å². The van der Waals surface area contributed by atoms with E-state index in [1.807, 2.05) is 13.2 Å². The van der Waals surface area contributed by atoms with Crippen LogP contribution in [0, 0.1) is 5.92 Å². The van der Waals surface area contributed by atoms with Gasteiger partial charge in [-0.3, -0.25) is 4.99 Å². The van der Waals surface area contributed by atoms with E-state index < -0.39 is 0 Å². The predicted octanol–water partition coefficient (Wildman–Crippen LogP) is 2.70. The molecule has 0 aromatic carbocycles. The first-order valence-electron chi connectivity index (χ1n) is 9.06. The smallest absolute Gasteiger partial charge is 0.191 e. The number of rotatable bonds is 4. The van der Waals surface area contributed by atoms with Crippen LogP contribution in [-0.2, 0) is 6.54 Å². The summed E-state index contributed by atoms with van der Waals surface area (Å²) in [7, 11) is 1.82. The van der Waals surface area contributed by atoms with Gasteiger partial charge < -0.3 is 15.5 Å². The number of piperidine rings is 1. The van der Waals surface area contributed by atoms with E-state index in [2.05, 4.69) is 56.7 Å². The lowest BCUT2D eigenvalue weighted by atomic mass is 9.99. The monoisotopic (exact) mass is 327 g/mol. The molecule has 5 nitrogen and oxygen atoms in total. The average Bonchev–Trinajstić information content (AvgIpc) is 3.13. The van der Waals surface area contributed by atoms with Crippen molar-refractivity contribution in [3.63, 3.8) is 0 Å². The second-order valence-corrected chi connectivity index (χ2v) is 6.90. The maximum atomic E-state index is 4.65. The molecule has 1 aromatic rings. The van der Waals surface area contributed by atoms with Gasteiger partial charge in [-0.15, -0.1) is 0 Å². The van der Waals surface area contributed by atoms with Crippen molar-refractivity contribution < 1.29 is 0 Å². The summed E-state index contributed by atoms with van der Waals surface area (Å²) in [5, 5.41) is 6.83. The predicted molar refractivity (Wildman–Crippen MR) is 100 cm³/mol. The van der Waals surface area contributed by atoms with E-state index in [1.165, 1.54) is 18.4 Å². The molecule has 0 unspecified atom stereocenters. The second-order valence-electron chi connectivity index (χ2n) is 6.90. The number of nitrogens with one attached hydrogen (secondary N) is 2. The maximum Gasteiger partial charge on any atom is 0.191 e. The Bertz CT molecular complexity index is 562. The van der Waals surface area contributed by atoms with Crippen LogP contribution in [0.4, 0.5) is 5.82 Å². The Morgan fingerprint density at radius 1 is 1.25 bits per heavy atom. The lowest BCUT2D eigenvalue weighted by Gasteiger charge is -2.31. The SMILES string of the molecule is CN=C(NCc1ccc(N2CCC(C)CC2)nc1)NC1CC=CC1. The Morgan fingerprint density at radius 2 is 2.00 bits per heavy atom. The molecule has 24 heavy (non-hydrogen) atoms. The number of hydrogen-bond acceptors (Lipinski definition) is 3. The molecule has 0 radical (unpaired) electrons. The number of guanidine groups is 1. The molecule has 0 saturated carbocycles. The molecule has 1 aliphatic heterocycles. The van der Waals surface area contributed by atoms with Gasteiger partial charge in [0.1, 0.15) is 5.82 Å². The highest BCUT2D eigenvalue weighted by molar-refractivity contribution is 5.80. The summed E-state index contributed by atoms with van der Waals surface area (Å²) >= 11 is 0. The summed E-state index contributed by atoms with van der Waals surface area (Å²) in [6, 6.07) is 4.78. The van der Waals surface area contributed by atoms with Crippen LogP contribution in [-0.4, -0.2) is 37.1 Å². The van der Waals surface area contributed by atoms with Crippen LogP contribution in [0.3, 0.4) is 0 Å². The van der Waals surface area contributed by atoms with Gasteiger partial charge in [0.05, 0.1) is 0 Å². The third kappa shape index (κ3) is 4.49. The van der Waals surface area contributed by atoms with E-state index in [4.69, 9.17) is 0 Å². The minimum atomic E-state index is 0.471. The van der Waals surface area contributed by atoms with Crippen molar-refractivity contribution in [1.82, 2.24) is 15.6 Å². The molecule has 1 saturated heterocycles. The van der Waals surface area contributed by atoms with E-state index in [0.29, 0.717) is 6.04 Å². The fourth-order valence-corrected chi connectivity index (χ4v) is 3.25. The molecule has 0 amide bonds. The van der Waals surface area contributed by atoms with Crippen LogP contribution in [0.2, 0.25) is 0 Å². The van der Waals surface area contributed by atoms with Gasteiger partial charge in [0.25, 0.3) is 0 Å². The van der Waals surface area contributed by atoms with Gasteiger partial charge >= 0.3 is 0 Å². The van der Waals surface area contributed by atoms with Crippen LogP contribution in [0.25, 0.3) is 0 Å². The molecule has 0 spiro atoms. The maximum absolute atomic E-state index is 4.65. The molecule has 0 bridgehead atoms. The summed E-state index contributed by atoms with van der Waals surface area (Å²) < 4.78 is 0. The van der Waals surface area contributed by atoms with Crippen LogP contribution in [0.1, 0.15) is 38.2 Å². The highest BCUT2D eigenvalue weighted by atomic mass is 15.2. The number of aliphatic imine (C=N–C) groups is 1. The Hall–Kier alpha value is -2.04. The topological polar surface area (TPSA) is 52.6 Å². The van der Waals surface area contributed by atoms with Crippen LogP contribution in [0.5, 0.6) is 0 Å². The first-order valence-corrected chi connectivity index (χ1v) is 9.06. The van der Waals surface area contributed by atoms with E-state index in [9.17, 15) is 0 Å². The third-order valence-electron chi connectivity index (χ3n) is 4.95. The van der Waals surface area contributed by atoms with Gasteiger partial charge in [0.2, 0.25) is 0 Å². The van der Waals surface area contributed by atoms with Gasteiger partial charge in [-0.05, 0) is 43.2 Å². The number of nitrogens with zero attached hydrogens (tertiary/aromatic N) is 3. The number of anilines is 1. The van der Waals surface area contributed by atoms with Crippen molar-refractivity contribution in [1.29, 1.82) is 0 Å². The molecular formula is C19H29N5. The Morgan fingerprint density at radius 3 is 2.62 bits per heavy atom. The molecule has 1 fully saturated rings. The van der Waals surface area contributed by atoms with E-state index >= 15 is 0 Å². The molecule has 3 rings (SSSR count). The summed E-state index contributed by atoms with van der Waals surface area (Å²) in [4.78, 5) is 11.3. The zero-order valence-corrected chi connectivity index (χ0v) is 14.8. The molecule has 0 atom stereocenters. The Labute approximate surface area is 145 Å². The van der Waals surface area contributed by atoms with Crippen LogP contribution < -0.4 is 15.5 Å². The quantitative estimate of drug-likeness (QED) is 0.507. The highest BCUT2D eigenvalue weighted by Crippen LogP contribution is 2.21. The summed E-state index contributed by atoms with van der Waals surface area (Å²) in [5.74, 6) is 2.81. The van der Waals surface area contributed by atoms with Gasteiger partial charge in [-0.2, -0.15) is 0 Å². The normalized spacial score (nSPS) is 19.8. The largest absolute Gasteiger partial charge is 0.357 e. The second kappa shape index (κ2) is 8.18. The average molecular weight is 327 g/mol. The summed E-state index contributed by atoms with van der Waals surface area (Å²) in [6.45, 7) is 5.32. The van der Waals surface area contributed by atoms with Gasteiger partial charge in [0, 0.05) is 38.9 Å². The minimum Gasteiger partial charge on any atom is -0.357 e. The zero-order chi connectivity index (χ0) is 16.8. The fourth-order valence-electron chi connectivity index (χ4n) is 3.25. The molecule has 2 heterocycles. The van der Waals surface area contributed by atoms with Crippen molar-refractivity contribution in [3.05, 3.63) is 36.0 Å². The number of aromatic nitrogens is 1. The lowest BCUT2D eigenvalue weighted by molar-refractivity contribution is 0.436. The van der Waals surface area contributed by atoms with Crippen LogP contribution >= 0.6 is 0 Å². The molecule has 2 aliphatic rings. The first-order chi connectivity index (χ1) is 11.7. The van der Waals surface area contributed by atoms with Crippen molar-refractivity contribution in [2.75, 3.05) is 25.0 Å². The fraction of sp³-hybridized carbons (Fsp3) is 0.579. The minimum absolute atomic E-state index is 0.471. The third-order valence-corrected chi connectivity index (χ3v) is 4.95. The molecule has 5 heteroatoms. The molecule has 130 valence electrons. The summed E-state index contributed by atoms with van der Waals surface area (Å²) in [5.41, 5.74) is 1.18.